The zero-order valence-electron chi connectivity index (χ0n) is 10.1. The van der Waals surface area contributed by atoms with E-state index in [2.05, 4.69) is 5.92 Å². The van der Waals surface area contributed by atoms with Crippen LogP contribution in [0.1, 0.15) is 12.0 Å². The van der Waals surface area contributed by atoms with E-state index in [-0.39, 0.29) is 19.0 Å². The van der Waals surface area contributed by atoms with Crippen LogP contribution >= 0.6 is 0 Å². The van der Waals surface area contributed by atoms with Crippen molar-refractivity contribution in [2.45, 2.75) is 12.8 Å². The van der Waals surface area contributed by atoms with Crippen molar-refractivity contribution in [3.63, 3.8) is 0 Å². The summed E-state index contributed by atoms with van der Waals surface area (Å²) >= 11 is 0. The number of hydrogen-bond donors (Lipinski definition) is 1. The molecule has 0 radical (unpaired) electrons. The Balaban J connectivity index is 2.58. The Labute approximate surface area is 107 Å². The molecule has 4 nitrogen and oxygen atoms in total. The number of para-hydroxylation sites is 1. The number of rotatable bonds is 5. The van der Waals surface area contributed by atoms with E-state index in [9.17, 15) is 4.79 Å². The highest BCUT2D eigenvalue weighted by Gasteiger charge is 2.12. The molecule has 0 bridgehead atoms. The van der Waals surface area contributed by atoms with Gasteiger partial charge in [-0.2, -0.15) is 5.26 Å². The van der Waals surface area contributed by atoms with Gasteiger partial charge in [-0.15, -0.1) is 6.42 Å². The maximum atomic E-state index is 11.8. The second-order valence-corrected chi connectivity index (χ2v) is 3.81. The van der Waals surface area contributed by atoms with Gasteiger partial charge in [-0.05, 0) is 18.1 Å². The summed E-state index contributed by atoms with van der Waals surface area (Å²) in [5.41, 5.74) is 7.40. The fourth-order valence-electron chi connectivity index (χ4n) is 1.59. The summed E-state index contributed by atoms with van der Waals surface area (Å²) in [5, 5.41) is 8.61. The number of benzene rings is 1. The Hall–Kier alpha value is -2.46. The van der Waals surface area contributed by atoms with Crippen LogP contribution in [0.5, 0.6) is 0 Å². The van der Waals surface area contributed by atoms with Crippen LogP contribution in [0.3, 0.4) is 0 Å². The first-order valence-corrected chi connectivity index (χ1v) is 5.60. The molecular weight excluding hydrogens is 226 g/mol. The zero-order valence-corrected chi connectivity index (χ0v) is 10.1. The number of nitrogens with zero attached hydrogens (tertiary/aromatic N) is 2. The van der Waals surface area contributed by atoms with Gasteiger partial charge in [0.05, 0.1) is 12.6 Å². The lowest BCUT2D eigenvalue weighted by Gasteiger charge is -2.16. The Bertz CT molecular complexity index is 480. The molecule has 0 fully saturated rings. The zero-order chi connectivity index (χ0) is 13.4. The molecule has 0 spiro atoms. The van der Waals surface area contributed by atoms with Gasteiger partial charge in [-0.1, -0.05) is 24.1 Å². The lowest BCUT2D eigenvalue weighted by Crippen LogP contribution is -2.31. The standard InChI is InChI=1S/C14H15N3O/c1-2-10-17(11-9-15)14(18)8-7-12-5-3-4-6-13(12)16/h1,3-6H,7-8,10-11,16H2. The first-order valence-electron chi connectivity index (χ1n) is 5.60. The van der Waals surface area contributed by atoms with Crippen molar-refractivity contribution in [1.82, 2.24) is 4.90 Å². The molecule has 1 amide bonds. The number of aryl methyl sites for hydroxylation is 1. The Kier molecular flexibility index (Phi) is 5.28. The highest BCUT2D eigenvalue weighted by molar-refractivity contribution is 5.77. The topological polar surface area (TPSA) is 70.1 Å². The summed E-state index contributed by atoms with van der Waals surface area (Å²) in [6.07, 6.45) is 6.01. The monoisotopic (exact) mass is 241 g/mol. The van der Waals surface area contributed by atoms with Gasteiger partial charge >= 0.3 is 0 Å². The number of anilines is 1. The normalized spacial score (nSPS) is 9.22. The van der Waals surface area contributed by atoms with Crippen LogP contribution in [-0.4, -0.2) is 23.9 Å². The summed E-state index contributed by atoms with van der Waals surface area (Å²) in [4.78, 5) is 13.2. The van der Waals surface area contributed by atoms with Crippen molar-refractivity contribution in [3.8, 4) is 18.4 Å². The minimum Gasteiger partial charge on any atom is -0.399 e. The van der Waals surface area contributed by atoms with E-state index < -0.39 is 0 Å². The van der Waals surface area contributed by atoms with Gasteiger partial charge in [0.2, 0.25) is 5.91 Å². The highest BCUT2D eigenvalue weighted by atomic mass is 16.2. The maximum absolute atomic E-state index is 11.8. The number of carbonyl (C=O) groups is 1. The van der Waals surface area contributed by atoms with E-state index in [4.69, 9.17) is 17.4 Å². The number of nitrogens with two attached hydrogens (primary N) is 1. The van der Waals surface area contributed by atoms with Crippen molar-refractivity contribution in [2.75, 3.05) is 18.8 Å². The van der Waals surface area contributed by atoms with E-state index in [1.807, 2.05) is 24.3 Å². The molecule has 0 aliphatic rings. The van der Waals surface area contributed by atoms with Crippen LogP contribution in [0, 0.1) is 23.7 Å². The van der Waals surface area contributed by atoms with Gasteiger partial charge in [-0.25, -0.2) is 0 Å². The van der Waals surface area contributed by atoms with Gasteiger partial charge in [0.1, 0.15) is 6.54 Å². The number of hydrogen-bond acceptors (Lipinski definition) is 3. The van der Waals surface area contributed by atoms with E-state index in [0.717, 1.165) is 5.56 Å². The maximum Gasteiger partial charge on any atom is 0.224 e. The predicted octanol–water partition coefficient (Wildman–Crippen LogP) is 1.19. The van der Waals surface area contributed by atoms with Crippen molar-refractivity contribution in [3.05, 3.63) is 29.8 Å². The summed E-state index contributed by atoms with van der Waals surface area (Å²) in [5.74, 6) is 2.25. The Morgan fingerprint density at radius 2 is 2.11 bits per heavy atom. The molecule has 1 aromatic carbocycles. The molecule has 0 unspecified atom stereocenters. The first-order chi connectivity index (χ1) is 8.69. The Morgan fingerprint density at radius 3 is 2.72 bits per heavy atom. The third-order valence-electron chi connectivity index (χ3n) is 2.56. The predicted molar refractivity (Wildman–Crippen MR) is 70.2 cm³/mol. The SMILES string of the molecule is C#CCN(CC#N)C(=O)CCc1ccccc1N. The minimum absolute atomic E-state index is 0.0211. The van der Waals surface area contributed by atoms with Crippen LogP contribution in [0.15, 0.2) is 24.3 Å². The van der Waals surface area contributed by atoms with Crippen LogP contribution in [0.4, 0.5) is 5.69 Å². The van der Waals surface area contributed by atoms with Crippen LogP contribution in [-0.2, 0) is 11.2 Å². The van der Waals surface area contributed by atoms with Gasteiger partial charge in [0, 0.05) is 12.1 Å². The smallest absolute Gasteiger partial charge is 0.224 e. The van der Waals surface area contributed by atoms with E-state index in [1.54, 1.807) is 6.07 Å². The first kappa shape index (κ1) is 13.6. The molecule has 1 aromatic rings. The third kappa shape index (κ3) is 3.84. The molecule has 0 aliphatic heterocycles. The third-order valence-corrected chi connectivity index (χ3v) is 2.56. The fraction of sp³-hybridized carbons (Fsp3) is 0.286. The lowest BCUT2D eigenvalue weighted by molar-refractivity contribution is -0.129. The minimum atomic E-state index is -0.127. The van der Waals surface area contributed by atoms with E-state index in [1.165, 1.54) is 4.90 Å². The molecular formula is C14H15N3O. The summed E-state index contributed by atoms with van der Waals surface area (Å²) < 4.78 is 0. The van der Waals surface area contributed by atoms with Crippen molar-refractivity contribution < 1.29 is 4.79 Å². The average molecular weight is 241 g/mol. The van der Waals surface area contributed by atoms with Crippen molar-refractivity contribution in [1.29, 1.82) is 5.26 Å². The molecule has 0 atom stereocenters. The average Bonchev–Trinajstić information content (AvgIpc) is 2.37. The summed E-state index contributed by atoms with van der Waals surface area (Å²) in [6.45, 7) is 0.184. The molecule has 0 saturated carbocycles. The number of nitriles is 1. The van der Waals surface area contributed by atoms with Crippen LogP contribution < -0.4 is 5.73 Å². The molecule has 2 N–H and O–H groups in total. The molecule has 0 aromatic heterocycles. The second kappa shape index (κ2) is 6.98. The second-order valence-electron chi connectivity index (χ2n) is 3.81. The van der Waals surface area contributed by atoms with Crippen LogP contribution in [0.25, 0.3) is 0 Å². The largest absolute Gasteiger partial charge is 0.399 e. The number of nitrogen functional groups attached to an aromatic ring is 1. The van der Waals surface area contributed by atoms with Gasteiger partial charge in [-0.3, -0.25) is 4.79 Å². The molecule has 92 valence electrons. The highest BCUT2D eigenvalue weighted by Crippen LogP contribution is 2.13. The van der Waals surface area contributed by atoms with Crippen molar-refractivity contribution >= 4 is 11.6 Å². The van der Waals surface area contributed by atoms with Crippen LogP contribution in [0.2, 0.25) is 0 Å². The molecule has 18 heavy (non-hydrogen) atoms. The quantitative estimate of drug-likeness (QED) is 0.478. The summed E-state index contributed by atoms with van der Waals surface area (Å²) in [6, 6.07) is 9.34. The molecule has 0 heterocycles. The lowest BCUT2D eigenvalue weighted by atomic mass is 10.1. The van der Waals surface area contributed by atoms with Crippen molar-refractivity contribution in [2.24, 2.45) is 0 Å². The van der Waals surface area contributed by atoms with Gasteiger partial charge < -0.3 is 10.6 Å². The van der Waals surface area contributed by atoms with E-state index in [0.29, 0.717) is 18.5 Å². The molecule has 0 aliphatic carbocycles. The van der Waals surface area contributed by atoms with Gasteiger partial charge in [0.25, 0.3) is 0 Å². The number of terminal acetylenes is 1. The molecule has 1 rings (SSSR count). The van der Waals surface area contributed by atoms with Gasteiger partial charge in [0.15, 0.2) is 0 Å². The fourth-order valence-corrected chi connectivity index (χ4v) is 1.59. The molecule has 0 saturated heterocycles. The number of carbonyl (C=O) groups excluding carboxylic acids is 1. The van der Waals surface area contributed by atoms with E-state index >= 15 is 0 Å². The molecule has 4 heteroatoms. The number of amides is 1. The Morgan fingerprint density at radius 1 is 1.39 bits per heavy atom. The summed E-state index contributed by atoms with van der Waals surface area (Å²) in [7, 11) is 0.